The van der Waals surface area contributed by atoms with Crippen LogP contribution in [0.25, 0.3) is 11.0 Å². The highest BCUT2D eigenvalue weighted by Gasteiger charge is 2.10. The highest BCUT2D eigenvalue weighted by molar-refractivity contribution is 5.92. The van der Waals surface area contributed by atoms with Crippen LogP contribution < -0.4 is 15.7 Å². The van der Waals surface area contributed by atoms with Crippen molar-refractivity contribution in [1.29, 1.82) is 0 Å². The van der Waals surface area contributed by atoms with Gasteiger partial charge in [-0.15, -0.1) is 0 Å². The van der Waals surface area contributed by atoms with E-state index >= 15 is 0 Å². The second kappa shape index (κ2) is 8.03. The first kappa shape index (κ1) is 18.6. The van der Waals surface area contributed by atoms with Gasteiger partial charge in [0.15, 0.2) is 6.61 Å². The lowest BCUT2D eigenvalue weighted by Crippen LogP contribution is -2.20. The van der Waals surface area contributed by atoms with E-state index in [1.54, 1.807) is 31.2 Å². The smallest absolute Gasteiger partial charge is 0.336 e. The summed E-state index contributed by atoms with van der Waals surface area (Å²) in [5.74, 6) is -0.600. The Morgan fingerprint density at radius 2 is 2.00 bits per heavy atom. The molecule has 0 atom stereocenters. The van der Waals surface area contributed by atoms with E-state index in [2.05, 4.69) is 5.32 Å². The van der Waals surface area contributed by atoms with Crippen LogP contribution in [0.1, 0.15) is 24.5 Å². The van der Waals surface area contributed by atoms with Crippen molar-refractivity contribution >= 4 is 22.6 Å². The van der Waals surface area contributed by atoms with E-state index in [-0.39, 0.29) is 12.3 Å². The summed E-state index contributed by atoms with van der Waals surface area (Å²) in [6, 6.07) is 11.1. The summed E-state index contributed by atoms with van der Waals surface area (Å²) in [6.07, 6.45) is 1.68. The SMILES string of the molecule is CCCc1cc(=O)oc2cc(OCC(=O)Nc3ccc(C)cc3F)ccc12. The van der Waals surface area contributed by atoms with Crippen molar-refractivity contribution in [2.75, 3.05) is 11.9 Å². The molecule has 2 aromatic carbocycles. The Morgan fingerprint density at radius 3 is 2.74 bits per heavy atom. The first-order valence-electron chi connectivity index (χ1n) is 8.72. The number of hydrogen-bond acceptors (Lipinski definition) is 4. The van der Waals surface area contributed by atoms with Crippen LogP contribution in [0.3, 0.4) is 0 Å². The fraction of sp³-hybridized carbons (Fsp3) is 0.238. The third-order valence-corrected chi connectivity index (χ3v) is 4.09. The summed E-state index contributed by atoms with van der Waals surface area (Å²) < 4.78 is 24.5. The van der Waals surface area contributed by atoms with Gasteiger partial charge in [0.1, 0.15) is 17.1 Å². The van der Waals surface area contributed by atoms with Gasteiger partial charge >= 0.3 is 5.63 Å². The average Bonchev–Trinajstić information content (AvgIpc) is 2.62. The number of rotatable bonds is 6. The number of aryl methyl sites for hydroxylation is 2. The lowest BCUT2D eigenvalue weighted by atomic mass is 10.1. The minimum Gasteiger partial charge on any atom is -0.484 e. The third-order valence-electron chi connectivity index (χ3n) is 4.09. The first-order valence-corrected chi connectivity index (χ1v) is 8.72. The van der Waals surface area contributed by atoms with Crippen molar-refractivity contribution in [2.45, 2.75) is 26.7 Å². The predicted octanol–water partition coefficient (Wildman–Crippen LogP) is 4.21. The monoisotopic (exact) mass is 369 g/mol. The van der Waals surface area contributed by atoms with Crippen molar-refractivity contribution in [3.8, 4) is 5.75 Å². The van der Waals surface area contributed by atoms with Crippen LogP contribution in [-0.2, 0) is 11.2 Å². The zero-order valence-electron chi connectivity index (χ0n) is 15.2. The van der Waals surface area contributed by atoms with Crippen molar-refractivity contribution < 1.29 is 18.3 Å². The number of carbonyl (C=O) groups is 1. The van der Waals surface area contributed by atoms with Gasteiger partial charge in [-0.2, -0.15) is 0 Å². The standard InChI is InChI=1S/C21H20FNO4/c1-3-4-14-10-21(25)27-19-11-15(6-7-16(14)19)26-12-20(24)23-18-8-5-13(2)9-17(18)22/h5-11H,3-4,12H2,1-2H3,(H,23,24). The summed E-state index contributed by atoms with van der Waals surface area (Å²) in [5.41, 5.74) is 1.77. The molecule has 3 aromatic rings. The molecular formula is C21H20FNO4. The minimum atomic E-state index is -0.501. The van der Waals surface area contributed by atoms with Crippen LogP contribution in [0.5, 0.6) is 5.75 Å². The second-order valence-corrected chi connectivity index (χ2v) is 6.32. The summed E-state index contributed by atoms with van der Waals surface area (Å²) in [5, 5.41) is 3.31. The van der Waals surface area contributed by atoms with Gasteiger partial charge in [-0.3, -0.25) is 4.79 Å². The van der Waals surface area contributed by atoms with E-state index in [0.29, 0.717) is 11.3 Å². The zero-order chi connectivity index (χ0) is 19.4. The van der Waals surface area contributed by atoms with Crippen molar-refractivity contribution in [2.24, 2.45) is 0 Å². The van der Waals surface area contributed by atoms with Crippen LogP contribution in [-0.4, -0.2) is 12.5 Å². The molecule has 1 heterocycles. The fourth-order valence-corrected chi connectivity index (χ4v) is 2.83. The largest absolute Gasteiger partial charge is 0.484 e. The molecule has 3 rings (SSSR count). The Labute approximate surface area is 155 Å². The molecule has 0 saturated carbocycles. The van der Waals surface area contributed by atoms with Gasteiger partial charge in [0, 0.05) is 17.5 Å². The van der Waals surface area contributed by atoms with E-state index in [0.717, 1.165) is 29.4 Å². The van der Waals surface area contributed by atoms with Gasteiger partial charge in [-0.05, 0) is 48.7 Å². The Bertz CT molecular complexity index is 1040. The van der Waals surface area contributed by atoms with Crippen molar-refractivity contribution in [3.63, 3.8) is 0 Å². The van der Waals surface area contributed by atoms with Gasteiger partial charge in [0.05, 0.1) is 5.69 Å². The number of anilines is 1. The van der Waals surface area contributed by atoms with Gasteiger partial charge < -0.3 is 14.5 Å². The Morgan fingerprint density at radius 1 is 1.19 bits per heavy atom. The maximum atomic E-state index is 13.8. The molecule has 5 nitrogen and oxygen atoms in total. The van der Waals surface area contributed by atoms with Crippen LogP contribution >= 0.6 is 0 Å². The minimum absolute atomic E-state index is 0.0999. The van der Waals surface area contributed by atoms with Gasteiger partial charge in [-0.25, -0.2) is 9.18 Å². The molecule has 0 fully saturated rings. The molecule has 0 spiro atoms. The number of carbonyl (C=O) groups excluding carboxylic acids is 1. The molecule has 140 valence electrons. The second-order valence-electron chi connectivity index (χ2n) is 6.32. The van der Waals surface area contributed by atoms with E-state index < -0.39 is 17.3 Å². The molecule has 0 saturated heterocycles. The molecule has 1 aromatic heterocycles. The summed E-state index contributed by atoms with van der Waals surface area (Å²) >= 11 is 0. The quantitative estimate of drug-likeness (QED) is 0.661. The van der Waals surface area contributed by atoms with E-state index in [4.69, 9.17) is 9.15 Å². The molecule has 0 aliphatic carbocycles. The van der Waals surface area contributed by atoms with Crippen LogP contribution in [0.15, 0.2) is 51.7 Å². The number of benzene rings is 2. The Hall–Kier alpha value is -3.15. The normalized spacial score (nSPS) is 10.8. The Kier molecular flexibility index (Phi) is 5.54. The molecule has 27 heavy (non-hydrogen) atoms. The summed E-state index contributed by atoms with van der Waals surface area (Å²) in [6.45, 7) is 3.51. The molecular weight excluding hydrogens is 349 g/mol. The molecule has 1 amide bonds. The lowest BCUT2D eigenvalue weighted by molar-refractivity contribution is -0.118. The van der Waals surface area contributed by atoms with Crippen LogP contribution in [0.4, 0.5) is 10.1 Å². The molecule has 6 heteroatoms. The number of halogens is 1. The van der Waals surface area contributed by atoms with Crippen molar-refractivity contribution in [1.82, 2.24) is 0 Å². The molecule has 0 radical (unpaired) electrons. The highest BCUT2D eigenvalue weighted by atomic mass is 19.1. The molecule has 0 unspecified atom stereocenters. The molecule has 0 aliphatic heterocycles. The highest BCUT2D eigenvalue weighted by Crippen LogP contribution is 2.23. The predicted molar refractivity (Wildman–Crippen MR) is 102 cm³/mol. The lowest BCUT2D eigenvalue weighted by Gasteiger charge is -2.10. The topological polar surface area (TPSA) is 68.5 Å². The molecule has 0 bridgehead atoms. The van der Waals surface area contributed by atoms with Gasteiger partial charge in [-0.1, -0.05) is 19.4 Å². The zero-order valence-corrected chi connectivity index (χ0v) is 15.2. The molecule has 0 aliphatic rings. The number of hydrogen-bond donors (Lipinski definition) is 1. The maximum Gasteiger partial charge on any atom is 0.336 e. The number of nitrogens with one attached hydrogen (secondary N) is 1. The average molecular weight is 369 g/mol. The van der Waals surface area contributed by atoms with Gasteiger partial charge in [0.2, 0.25) is 0 Å². The third kappa shape index (κ3) is 4.53. The van der Waals surface area contributed by atoms with E-state index in [1.165, 1.54) is 18.2 Å². The maximum absolute atomic E-state index is 13.8. The van der Waals surface area contributed by atoms with E-state index in [9.17, 15) is 14.0 Å². The number of fused-ring (bicyclic) bond motifs is 1. The summed E-state index contributed by atoms with van der Waals surface area (Å²) in [4.78, 5) is 23.7. The first-order chi connectivity index (χ1) is 13.0. The van der Waals surface area contributed by atoms with Gasteiger partial charge in [0.25, 0.3) is 5.91 Å². The molecule has 1 N–H and O–H groups in total. The fourth-order valence-electron chi connectivity index (χ4n) is 2.83. The van der Waals surface area contributed by atoms with E-state index in [1.807, 2.05) is 6.92 Å². The number of ether oxygens (including phenoxy) is 1. The summed E-state index contributed by atoms with van der Waals surface area (Å²) in [7, 11) is 0. The Balaban J connectivity index is 1.71. The van der Waals surface area contributed by atoms with Crippen LogP contribution in [0, 0.1) is 12.7 Å². The van der Waals surface area contributed by atoms with Crippen LogP contribution in [0.2, 0.25) is 0 Å². The van der Waals surface area contributed by atoms with Crippen molar-refractivity contribution in [3.05, 3.63) is 69.8 Å². The number of amides is 1.